The lowest BCUT2D eigenvalue weighted by atomic mass is 9.88. The van der Waals surface area contributed by atoms with E-state index in [0.717, 1.165) is 17.5 Å². The molecule has 0 aliphatic heterocycles. The van der Waals surface area contributed by atoms with Gasteiger partial charge in [-0.05, 0) is 73.4 Å². The number of sulfone groups is 1. The number of anilines is 1. The first-order chi connectivity index (χ1) is 18.7. The van der Waals surface area contributed by atoms with E-state index in [9.17, 15) is 18.0 Å². The van der Waals surface area contributed by atoms with Gasteiger partial charge in [0, 0.05) is 16.8 Å². The van der Waals surface area contributed by atoms with Crippen molar-refractivity contribution in [3.8, 4) is 16.9 Å². The molecule has 1 heterocycles. The third-order valence-electron chi connectivity index (χ3n) is 6.81. The van der Waals surface area contributed by atoms with Crippen LogP contribution in [0.1, 0.15) is 51.7 Å². The Labute approximate surface area is 231 Å². The number of carbonyl (C=O) groups is 2. The minimum absolute atomic E-state index is 0.0852. The Morgan fingerprint density at radius 3 is 2.49 bits per heavy atom. The van der Waals surface area contributed by atoms with E-state index in [1.807, 2.05) is 25.1 Å². The summed E-state index contributed by atoms with van der Waals surface area (Å²) in [6, 6.07) is 18.9. The van der Waals surface area contributed by atoms with E-state index >= 15 is 0 Å². The number of amides is 2. The van der Waals surface area contributed by atoms with Crippen LogP contribution in [-0.4, -0.2) is 35.8 Å². The summed E-state index contributed by atoms with van der Waals surface area (Å²) in [6.07, 6.45) is 2.61. The third kappa shape index (κ3) is 5.20. The van der Waals surface area contributed by atoms with Crippen LogP contribution in [0.4, 0.5) is 5.69 Å². The van der Waals surface area contributed by atoms with Gasteiger partial charge in [-0.15, -0.1) is 0 Å². The minimum Gasteiger partial charge on any atom is -0.364 e. The molecule has 10 heteroatoms. The van der Waals surface area contributed by atoms with Crippen molar-refractivity contribution in [2.24, 2.45) is 5.73 Å². The van der Waals surface area contributed by atoms with Gasteiger partial charge in [-0.3, -0.25) is 9.59 Å². The normalized spacial score (nSPS) is 12.5. The molecule has 3 aromatic carbocycles. The quantitative estimate of drug-likeness (QED) is 0.305. The van der Waals surface area contributed by atoms with E-state index < -0.39 is 15.7 Å². The number of aromatic nitrogens is 2. The number of halogens is 1. The molecule has 200 valence electrons. The number of fused-ring (bicyclic) bond motifs is 3. The molecule has 0 fully saturated rings. The van der Waals surface area contributed by atoms with Crippen LogP contribution < -0.4 is 11.1 Å². The van der Waals surface area contributed by atoms with Crippen molar-refractivity contribution in [2.75, 3.05) is 11.1 Å². The molecule has 0 bridgehead atoms. The molecular weight excluding hydrogens is 536 g/mol. The molecule has 39 heavy (non-hydrogen) atoms. The number of nitrogens with one attached hydrogen (secondary N) is 1. The van der Waals surface area contributed by atoms with Gasteiger partial charge in [-0.1, -0.05) is 43.1 Å². The van der Waals surface area contributed by atoms with Gasteiger partial charge in [-0.2, -0.15) is 5.10 Å². The summed E-state index contributed by atoms with van der Waals surface area (Å²) in [6.45, 7) is 1.95. The largest absolute Gasteiger partial charge is 0.364 e. The molecule has 3 N–H and O–H groups in total. The van der Waals surface area contributed by atoms with Gasteiger partial charge in [0.2, 0.25) is 0 Å². The molecule has 0 unspecified atom stereocenters. The molecule has 1 aromatic heterocycles. The van der Waals surface area contributed by atoms with Crippen molar-refractivity contribution in [3.63, 3.8) is 0 Å². The predicted octanol–water partition coefficient (Wildman–Crippen LogP) is 5.22. The number of benzene rings is 3. The van der Waals surface area contributed by atoms with Crippen molar-refractivity contribution < 1.29 is 18.0 Å². The second-order valence-electron chi connectivity index (χ2n) is 9.42. The topological polar surface area (TPSA) is 124 Å². The number of primary amides is 1. The van der Waals surface area contributed by atoms with Crippen LogP contribution >= 0.6 is 11.6 Å². The lowest BCUT2D eigenvalue weighted by Crippen LogP contribution is -2.15. The van der Waals surface area contributed by atoms with Crippen molar-refractivity contribution in [1.82, 2.24) is 9.78 Å². The highest BCUT2D eigenvalue weighted by atomic mass is 35.5. The summed E-state index contributed by atoms with van der Waals surface area (Å²) in [5.41, 5.74) is 10.6. The summed E-state index contributed by atoms with van der Waals surface area (Å²) in [5, 5.41) is 7.78. The molecule has 0 radical (unpaired) electrons. The van der Waals surface area contributed by atoms with Crippen LogP contribution in [0.15, 0.2) is 71.6 Å². The zero-order valence-electron chi connectivity index (χ0n) is 21.3. The highest BCUT2D eigenvalue weighted by Crippen LogP contribution is 2.38. The number of hydrogen-bond acceptors (Lipinski definition) is 5. The van der Waals surface area contributed by atoms with Crippen molar-refractivity contribution in [3.05, 3.63) is 94.1 Å². The number of carbonyl (C=O) groups excluding carboxylic acids is 2. The van der Waals surface area contributed by atoms with Crippen LogP contribution in [0.25, 0.3) is 16.9 Å². The lowest BCUT2D eigenvalue weighted by molar-refractivity contribution is 0.0992. The number of nitrogens with zero attached hydrogens (tertiary/aromatic N) is 2. The highest BCUT2D eigenvalue weighted by Gasteiger charge is 2.28. The molecule has 0 spiro atoms. The number of aryl methyl sites for hydroxylation is 1. The van der Waals surface area contributed by atoms with Crippen LogP contribution in [0.5, 0.6) is 0 Å². The van der Waals surface area contributed by atoms with Crippen LogP contribution in [0, 0.1) is 0 Å². The summed E-state index contributed by atoms with van der Waals surface area (Å²) in [4.78, 5) is 25.4. The molecule has 5 rings (SSSR count). The number of rotatable bonds is 8. The maximum atomic E-state index is 12.9. The van der Waals surface area contributed by atoms with E-state index in [0.29, 0.717) is 52.5 Å². The summed E-state index contributed by atoms with van der Waals surface area (Å²) < 4.78 is 26.9. The Bertz CT molecular complexity index is 1690. The minimum atomic E-state index is -3.39. The molecule has 4 aromatic rings. The second-order valence-corrected chi connectivity index (χ2v) is 11.9. The standard InChI is InChI=1S/C29H27ClN4O4S/c1-2-3-16-39(37,38)21-13-11-20(12-14-21)34-27-23(26(33-34)28(31)35)15-9-18-8-10-19(17-24(18)27)32-29(36)22-6-4-5-7-25(22)30/h4-8,10-14,17H,2-3,9,15-16H2,1H3,(H2,31,35)(H,32,36). The fourth-order valence-electron chi connectivity index (χ4n) is 4.79. The van der Waals surface area contributed by atoms with E-state index in [-0.39, 0.29) is 22.2 Å². The Hall–Kier alpha value is -3.95. The average Bonchev–Trinajstić information content (AvgIpc) is 3.33. The fourth-order valence-corrected chi connectivity index (χ4v) is 6.47. The maximum absolute atomic E-state index is 12.9. The Morgan fingerprint density at radius 1 is 1.05 bits per heavy atom. The number of unbranched alkanes of at least 4 members (excludes halogenated alkanes) is 1. The van der Waals surface area contributed by atoms with Crippen molar-refractivity contribution in [1.29, 1.82) is 0 Å². The molecular formula is C29H27ClN4O4S. The fraction of sp³-hybridized carbons (Fsp3) is 0.207. The molecule has 0 atom stereocenters. The first-order valence-corrected chi connectivity index (χ1v) is 14.7. The van der Waals surface area contributed by atoms with E-state index in [1.165, 1.54) is 0 Å². The van der Waals surface area contributed by atoms with Gasteiger partial charge in [-0.25, -0.2) is 13.1 Å². The van der Waals surface area contributed by atoms with Gasteiger partial charge < -0.3 is 11.1 Å². The summed E-state index contributed by atoms with van der Waals surface area (Å²) >= 11 is 6.20. The Balaban J connectivity index is 1.56. The summed E-state index contributed by atoms with van der Waals surface area (Å²) in [7, 11) is -3.39. The predicted molar refractivity (Wildman–Crippen MR) is 151 cm³/mol. The van der Waals surface area contributed by atoms with Crippen LogP contribution in [0.3, 0.4) is 0 Å². The smallest absolute Gasteiger partial charge is 0.269 e. The second kappa shape index (κ2) is 10.7. The van der Waals surface area contributed by atoms with Gasteiger partial charge in [0.05, 0.1) is 32.6 Å². The van der Waals surface area contributed by atoms with Gasteiger partial charge >= 0.3 is 0 Å². The third-order valence-corrected chi connectivity index (χ3v) is 8.96. The van der Waals surface area contributed by atoms with Gasteiger partial charge in [0.25, 0.3) is 11.8 Å². The molecule has 2 amide bonds. The highest BCUT2D eigenvalue weighted by molar-refractivity contribution is 7.91. The van der Waals surface area contributed by atoms with E-state index in [2.05, 4.69) is 10.4 Å². The average molecular weight is 563 g/mol. The van der Waals surface area contributed by atoms with E-state index in [4.69, 9.17) is 17.3 Å². The summed E-state index contributed by atoms with van der Waals surface area (Å²) in [5.74, 6) is -0.903. The lowest BCUT2D eigenvalue weighted by Gasteiger charge is -2.20. The number of nitrogens with two attached hydrogens (primary N) is 1. The van der Waals surface area contributed by atoms with Crippen LogP contribution in [-0.2, 0) is 22.7 Å². The van der Waals surface area contributed by atoms with Crippen molar-refractivity contribution in [2.45, 2.75) is 37.5 Å². The molecule has 1 aliphatic carbocycles. The molecule has 0 saturated carbocycles. The van der Waals surface area contributed by atoms with Crippen molar-refractivity contribution >= 4 is 38.9 Å². The Kier molecular flexibility index (Phi) is 7.29. The molecule has 8 nitrogen and oxygen atoms in total. The van der Waals surface area contributed by atoms with Gasteiger partial charge in [0.1, 0.15) is 0 Å². The first-order valence-electron chi connectivity index (χ1n) is 12.6. The SMILES string of the molecule is CCCCS(=O)(=O)c1ccc(-n2nc(C(N)=O)c3c2-c2cc(NC(=O)c4ccccc4Cl)ccc2CC3)cc1. The van der Waals surface area contributed by atoms with Gasteiger partial charge in [0.15, 0.2) is 15.5 Å². The zero-order valence-corrected chi connectivity index (χ0v) is 22.8. The Morgan fingerprint density at radius 2 is 1.79 bits per heavy atom. The molecule has 0 saturated heterocycles. The van der Waals surface area contributed by atoms with E-state index in [1.54, 1.807) is 53.2 Å². The maximum Gasteiger partial charge on any atom is 0.269 e. The number of hydrogen-bond donors (Lipinski definition) is 2. The first kappa shape index (κ1) is 26.6. The monoisotopic (exact) mass is 562 g/mol. The molecule has 1 aliphatic rings. The zero-order chi connectivity index (χ0) is 27.7. The van der Waals surface area contributed by atoms with Crippen LogP contribution in [0.2, 0.25) is 5.02 Å².